The van der Waals surface area contributed by atoms with Crippen molar-refractivity contribution in [3.8, 4) is 0 Å². The number of benzene rings is 1. The number of carboxylic acid groups (broad SMARTS) is 1. The van der Waals surface area contributed by atoms with Gasteiger partial charge in [-0.1, -0.05) is 31.2 Å². The molecule has 110 valence electrons. The Morgan fingerprint density at radius 3 is 2.73 bits per heavy atom. The maximum atomic E-state index is 11.3. The highest BCUT2D eigenvalue weighted by Gasteiger charge is 2.17. The molecule has 0 atom stereocenters. The lowest BCUT2D eigenvalue weighted by atomic mass is 10.1. The van der Waals surface area contributed by atoms with Crippen LogP contribution in [0.5, 0.6) is 0 Å². The lowest BCUT2D eigenvalue weighted by Gasteiger charge is -2.00. The zero-order valence-electron chi connectivity index (χ0n) is 12.0. The summed E-state index contributed by atoms with van der Waals surface area (Å²) in [5, 5.41) is 17.6. The van der Waals surface area contributed by atoms with Crippen molar-refractivity contribution in [3.63, 3.8) is 0 Å². The second-order valence-corrected chi connectivity index (χ2v) is 4.70. The Labute approximate surface area is 126 Å². The molecule has 22 heavy (non-hydrogen) atoms. The largest absolute Gasteiger partial charge is 0.476 e. The van der Waals surface area contributed by atoms with Gasteiger partial charge in [0.25, 0.3) is 0 Å². The van der Waals surface area contributed by atoms with Gasteiger partial charge in [0.2, 0.25) is 0 Å². The third-order valence-electron chi connectivity index (χ3n) is 3.33. The fourth-order valence-corrected chi connectivity index (χ4v) is 2.23. The van der Waals surface area contributed by atoms with Crippen LogP contribution in [-0.2, 0) is 6.42 Å². The van der Waals surface area contributed by atoms with E-state index >= 15 is 0 Å². The minimum absolute atomic E-state index is 0.107. The minimum atomic E-state index is -1.12. The topological polar surface area (TPSA) is 79.3 Å². The maximum Gasteiger partial charge on any atom is 0.358 e. The van der Waals surface area contributed by atoms with E-state index in [2.05, 4.69) is 15.2 Å². The monoisotopic (exact) mass is 294 g/mol. The molecule has 6 nitrogen and oxygen atoms in total. The average molecular weight is 294 g/mol. The number of aryl methyl sites for hydroxylation is 1. The molecule has 2 aromatic heterocycles. The Kier molecular flexibility index (Phi) is 3.65. The van der Waals surface area contributed by atoms with Crippen molar-refractivity contribution < 1.29 is 9.90 Å². The van der Waals surface area contributed by atoms with Gasteiger partial charge in [-0.3, -0.25) is 4.40 Å². The molecular formula is C16H14N4O2. The molecule has 6 heteroatoms. The zero-order valence-corrected chi connectivity index (χ0v) is 12.0. The first kappa shape index (κ1) is 13.9. The van der Waals surface area contributed by atoms with Crippen LogP contribution >= 0.6 is 0 Å². The number of imidazole rings is 1. The first-order valence-electron chi connectivity index (χ1n) is 6.90. The van der Waals surface area contributed by atoms with Crippen LogP contribution in [0, 0.1) is 0 Å². The Morgan fingerprint density at radius 1 is 1.18 bits per heavy atom. The number of aromatic carboxylic acids is 1. The first-order chi connectivity index (χ1) is 10.7. The van der Waals surface area contributed by atoms with Crippen molar-refractivity contribution in [3.05, 3.63) is 59.9 Å². The Bertz CT molecular complexity index is 867. The second kappa shape index (κ2) is 5.77. The van der Waals surface area contributed by atoms with Gasteiger partial charge in [0, 0.05) is 6.20 Å². The smallest absolute Gasteiger partial charge is 0.358 e. The summed E-state index contributed by atoms with van der Waals surface area (Å²) < 4.78 is 1.61. The van der Waals surface area contributed by atoms with Gasteiger partial charge >= 0.3 is 5.97 Å². The Balaban J connectivity index is 2.11. The molecule has 2 heterocycles. The fraction of sp³-hybridized carbons (Fsp3) is 0.125. The molecule has 1 aromatic carbocycles. The van der Waals surface area contributed by atoms with Crippen molar-refractivity contribution in [1.29, 1.82) is 0 Å². The summed E-state index contributed by atoms with van der Waals surface area (Å²) >= 11 is 0. The number of aromatic nitrogens is 2. The van der Waals surface area contributed by atoms with Crippen LogP contribution < -0.4 is 0 Å². The number of rotatable bonds is 4. The molecule has 0 spiro atoms. The van der Waals surface area contributed by atoms with E-state index in [1.54, 1.807) is 28.8 Å². The summed E-state index contributed by atoms with van der Waals surface area (Å²) in [7, 11) is 0. The van der Waals surface area contributed by atoms with Gasteiger partial charge in [0.1, 0.15) is 5.65 Å². The molecule has 0 aliphatic carbocycles. The van der Waals surface area contributed by atoms with Crippen LogP contribution in [-0.4, -0.2) is 20.5 Å². The lowest BCUT2D eigenvalue weighted by Crippen LogP contribution is -1.96. The van der Waals surface area contributed by atoms with Crippen LogP contribution in [0.3, 0.4) is 0 Å². The highest BCUT2D eigenvalue weighted by atomic mass is 16.4. The van der Waals surface area contributed by atoms with Crippen LogP contribution in [0.25, 0.3) is 5.65 Å². The molecule has 0 saturated heterocycles. The summed E-state index contributed by atoms with van der Waals surface area (Å²) in [6.07, 6.45) is 2.54. The van der Waals surface area contributed by atoms with Gasteiger partial charge in [-0.2, -0.15) is 0 Å². The molecule has 3 rings (SSSR count). The summed E-state index contributed by atoms with van der Waals surface area (Å²) in [6, 6.07) is 13.0. The van der Waals surface area contributed by atoms with Gasteiger partial charge in [-0.15, -0.1) is 10.2 Å². The molecule has 0 unspecified atom stereocenters. The van der Waals surface area contributed by atoms with Crippen molar-refractivity contribution in [1.82, 2.24) is 9.38 Å². The van der Waals surface area contributed by atoms with E-state index in [9.17, 15) is 9.90 Å². The number of hydrogen-bond acceptors (Lipinski definition) is 4. The van der Waals surface area contributed by atoms with E-state index in [0.717, 1.165) is 17.7 Å². The van der Waals surface area contributed by atoms with E-state index in [-0.39, 0.29) is 11.5 Å². The molecule has 0 aliphatic heterocycles. The van der Waals surface area contributed by atoms with Crippen molar-refractivity contribution in [2.24, 2.45) is 10.2 Å². The van der Waals surface area contributed by atoms with Crippen LogP contribution in [0.2, 0.25) is 0 Å². The molecule has 3 aromatic rings. The number of pyridine rings is 1. The number of carbonyl (C=O) groups is 1. The van der Waals surface area contributed by atoms with Crippen molar-refractivity contribution >= 4 is 23.1 Å². The number of fused-ring (bicyclic) bond motifs is 1. The Hall–Kier alpha value is -3.02. The van der Waals surface area contributed by atoms with Gasteiger partial charge in [0.15, 0.2) is 11.5 Å². The quantitative estimate of drug-likeness (QED) is 0.738. The first-order valence-corrected chi connectivity index (χ1v) is 6.90. The minimum Gasteiger partial charge on any atom is -0.476 e. The predicted octanol–water partition coefficient (Wildman–Crippen LogP) is 4.01. The van der Waals surface area contributed by atoms with Gasteiger partial charge in [-0.05, 0) is 30.2 Å². The summed E-state index contributed by atoms with van der Waals surface area (Å²) in [6.45, 7) is 2.03. The van der Waals surface area contributed by atoms with E-state index in [1.807, 2.05) is 31.2 Å². The summed E-state index contributed by atoms with van der Waals surface area (Å²) in [4.78, 5) is 15.4. The number of carboxylic acids is 1. The van der Waals surface area contributed by atoms with Crippen LogP contribution in [0.4, 0.5) is 11.5 Å². The van der Waals surface area contributed by atoms with Gasteiger partial charge in [-0.25, -0.2) is 9.78 Å². The molecule has 0 aliphatic rings. The van der Waals surface area contributed by atoms with E-state index in [1.165, 1.54) is 0 Å². The Morgan fingerprint density at radius 2 is 1.95 bits per heavy atom. The normalized spacial score (nSPS) is 11.3. The highest BCUT2D eigenvalue weighted by molar-refractivity contribution is 5.91. The predicted molar refractivity (Wildman–Crippen MR) is 82.1 cm³/mol. The molecule has 1 N–H and O–H groups in total. The molecule has 0 bridgehead atoms. The molecule has 0 saturated carbocycles. The summed E-state index contributed by atoms with van der Waals surface area (Å²) in [5.74, 6) is -0.907. The zero-order chi connectivity index (χ0) is 15.5. The van der Waals surface area contributed by atoms with E-state index in [0.29, 0.717) is 5.65 Å². The van der Waals surface area contributed by atoms with E-state index < -0.39 is 5.97 Å². The number of nitrogens with zero attached hydrogens (tertiary/aromatic N) is 4. The lowest BCUT2D eigenvalue weighted by molar-refractivity contribution is 0.0692. The molecule has 0 amide bonds. The highest BCUT2D eigenvalue weighted by Crippen LogP contribution is 2.26. The second-order valence-electron chi connectivity index (χ2n) is 4.70. The fourth-order valence-electron chi connectivity index (χ4n) is 2.23. The molecular weight excluding hydrogens is 280 g/mol. The maximum absolute atomic E-state index is 11.3. The number of azo groups is 1. The third kappa shape index (κ3) is 2.46. The third-order valence-corrected chi connectivity index (χ3v) is 3.33. The standard InChI is InChI=1S/C16H14N4O2/c1-2-11-7-3-4-8-12(11)18-19-15-14(16(21)22)17-13-9-5-6-10-20(13)15/h3-10H,2H2,1H3,(H,21,22). The van der Waals surface area contributed by atoms with Crippen molar-refractivity contribution in [2.45, 2.75) is 13.3 Å². The average Bonchev–Trinajstić information content (AvgIpc) is 2.92. The number of hydrogen-bond donors (Lipinski definition) is 1. The van der Waals surface area contributed by atoms with Crippen LogP contribution in [0.15, 0.2) is 58.9 Å². The summed E-state index contributed by atoms with van der Waals surface area (Å²) in [5.41, 5.74) is 2.20. The van der Waals surface area contributed by atoms with Gasteiger partial charge in [0.05, 0.1) is 5.69 Å². The SMILES string of the molecule is CCc1ccccc1N=Nc1c(C(=O)O)nc2ccccn12. The van der Waals surface area contributed by atoms with E-state index in [4.69, 9.17) is 0 Å². The molecule has 0 radical (unpaired) electrons. The van der Waals surface area contributed by atoms with Gasteiger partial charge < -0.3 is 5.11 Å². The molecule has 0 fully saturated rings. The van der Waals surface area contributed by atoms with Crippen LogP contribution in [0.1, 0.15) is 23.0 Å². The van der Waals surface area contributed by atoms with Crippen molar-refractivity contribution in [2.75, 3.05) is 0 Å².